The minimum Gasteiger partial charge on any atom is -0.496 e. The molecule has 0 bridgehead atoms. The molecule has 0 spiro atoms. The highest BCUT2D eigenvalue weighted by Crippen LogP contribution is 2.46. The molecule has 1 aliphatic heterocycles. The minimum atomic E-state index is -1.11. The number of carbonyl (C=O) groups excluding carboxylic acids is 1. The summed E-state index contributed by atoms with van der Waals surface area (Å²) in [7, 11) is 1.67. The van der Waals surface area contributed by atoms with Crippen molar-refractivity contribution in [3.8, 4) is 5.75 Å². The number of ether oxygens (including phenoxy) is 2. The number of benzene rings is 2. The van der Waals surface area contributed by atoms with Crippen LogP contribution in [0.25, 0.3) is 0 Å². The number of methoxy groups -OCH3 is 1. The highest BCUT2D eigenvalue weighted by Gasteiger charge is 2.43. The summed E-state index contributed by atoms with van der Waals surface area (Å²) in [5.74, 6) is -0.662. The first-order valence-corrected chi connectivity index (χ1v) is 10.2. The van der Waals surface area contributed by atoms with E-state index in [2.05, 4.69) is 25.2 Å². The lowest BCUT2D eigenvalue weighted by atomic mass is 9.67. The fourth-order valence-corrected chi connectivity index (χ4v) is 4.52. The Bertz CT molecular complexity index is 923. The molecular weight excluding hydrogens is 382 g/mol. The molecule has 6 heteroatoms. The van der Waals surface area contributed by atoms with Crippen molar-refractivity contribution in [1.29, 1.82) is 0 Å². The van der Waals surface area contributed by atoms with Crippen molar-refractivity contribution in [2.75, 3.05) is 20.3 Å². The number of hydrogen-bond acceptors (Lipinski definition) is 4. The monoisotopic (exact) mass is 411 g/mol. The SMILES string of the molecule is COc1ccccc1C1(CCNC(=O)c2ccccc2C(=O)O)CCOC(C)(C)C1. The Labute approximate surface area is 177 Å². The number of amides is 1. The number of carbonyl (C=O) groups is 2. The van der Waals surface area contributed by atoms with Crippen molar-refractivity contribution < 1.29 is 24.2 Å². The van der Waals surface area contributed by atoms with Crippen LogP contribution in [0.4, 0.5) is 0 Å². The fraction of sp³-hybridized carbons (Fsp3) is 0.417. The zero-order chi connectivity index (χ0) is 21.8. The molecular formula is C24H29NO5. The van der Waals surface area contributed by atoms with E-state index >= 15 is 0 Å². The van der Waals surface area contributed by atoms with Gasteiger partial charge in [-0.1, -0.05) is 30.3 Å². The van der Waals surface area contributed by atoms with E-state index in [1.165, 1.54) is 12.1 Å². The lowest BCUT2D eigenvalue weighted by molar-refractivity contribution is -0.0841. The Balaban J connectivity index is 1.82. The van der Waals surface area contributed by atoms with E-state index in [1.54, 1.807) is 19.2 Å². The van der Waals surface area contributed by atoms with Crippen LogP contribution in [-0.4, -0.2) is 42.8 Å². The largest absolute Gasteiger partial charge is 0.496 e. The molecule has 1 amide bonds. The van der Waals surface area contributed by atoms with Gasteiger partial charge in [0.05, 0.1) is 23.8 Å². The molecule has 0 aromatic heterocycles. The van der Waals surface area contributed by atoms with Gasteiger partial charge >= 0.3 is 5.97 Å². The molecule has 1 aliphatic rings. The zero-order valence-corrected chi connectivity index (χ0v) is 17.7. The number of hydrogen-bond donors (Lipinski definition) is 2. The summed E-state index contributed by atoms with van der Waals surface area (Å²) in [6, 6.07) is 14.2. The normalized spacial score (nSPS) is 20.4. The molecule has 0 saturated carbocycles. The van der Waals surface area contributed by atoms with Crippen LogP contribution in [-0.2, 0) is 10.2 Å². The number of para-hydroxylation sites is 1. The van der Waals surface area contributed by atoms with Crippen molar-refractivity contribution in [2.24, 2.45) is 0 Å². The summed E-state index contributed by atoms with van der Waals surface area (Å²) in [4.78, 5) is 24.1. The maximum Gasteiger partial charge on any atom is 0.336 e. The predicted octanol–water partition coefficient (Wildman–Crippen LogP) is 4.04. The molecule has 6 nitrogen and oxygen atoms in total. The van der Waals surface area contributed by atoms with E-state index in [4.69, 9.17) is 9.47 Å². The standard InChI is InChI=1S/C24H29NO5/c1-23(2)16-24(13-15-30-23,19-10-6-7-11-20(19)29-3)12-14-25-21(26)17-8-4-5-9-18(17)22(27)28/h4-11H,12-16H2,1-3H3,(H,25,26)(H,27,28). The summed E-state index contributed by atoms with van der Waals surface area (Å²) < 4.78 is 11.6. The van der Waals surface area contributed by atoms with Crippen LogP contribution < -0.4 is 10.1 Å². The molecule has 0 aliphatic carbocycles. The number of carboxylic acid groups (broad SMARTS) is 1. The Hall–Kier alpha value is -2.86. The first-order valence-electron chi connectivity index (χ1n) is 10.2. The summed E-state index contributed by atoms with van der Waals surface area (Å²) in [6.45, 7) is 5.21. The van der Waals surface area contributed by atoms with Crippen molar-refractivity contribution in [3.63, 3.8) is 0 Å². The van der Waals surface area contributed by atoms with Gasteiger partial charge in [-0.15, -0.1) is 0 Å². The first-order chi connectivity index (χ1) is 14.3. The van der Waals surface area contributed by atoms with Gasteiger partial charge in [0, 0.05) is 24.1 Å². The van der Waals surface area contributed by atoms with Crippen LogP contribution in [0, 0.1) is 0 Å². The zero-order valence-electron chi connectivity index (χ0n) is 17.7. The molecule has 160 valence electrons. The second-order valence-corrected chi connectivity index (χ2v) is 8.37. The topological polar surface area (TPSA) is 84.9 Å². The maximum absolute atomic E-state index is 12.7. The molecule has 0 radical (unpaired) electrons. The average molecular weight is 411 g/mol. The third-order valence-corrected chi connectivity index (χ3v) is 5.81. The average Bonchev–Trinajstić information content (AvgIpc) is 2.72. The van der Waals surface area contributed by atoms with Gasteiger partial charge in [0.1, 0.15) is 5.75 Å². The first kappa shape index (κ1) is 21.8. The van der Waals surface area contributed by atoms with Gasteiger partial charge in [-0.3, -0.25) is 4.79 Å². The van der Waals surface area contributed by atoms with Crippen LogP contribution in [0.3, 0.4) is 0 Å². The van der Waals surface area contributed by atoms with Gasteiger partial charge in [-0.2, -0.15) is 0 Å². The van der Waals surface area contributed by atoms with E-state index in [1.807, 2.05) is 18.2 Å². The lowest BCUT2D eigenvalue weighted by Gasteiger charge is -2.46. The predicted molar refractivity (Wildman–Crippen MR) is 114 cm³/mol. The summed E-state index contributed by atoms with van der Waals surface area (Å²) >= 11 is 0. The van der Waals surface area contributed by atoms with Crippen LogP contribution in [0.15, 0.2) is 48.5 Å². The van der Waals surface area contributed by atoms with Crippen molar-refractivity contribution in [3.05, 3.63) is 65.2 Å². The van der Waals surface area contributed by atoms with E-state index in [9.17, 15) is 14.7 Å². The number of aromatic carboxylic acids is 1. The second-order valence-electron chi connectivity index (χ2n) is 8.37. The number of rotatable bonds is 7. The third-order valence-electron chi connectivity index (χ3n) is 5.81. The molecule has 3 rings (SSSR count). The fourth-order valence-electron chi connectivity index (χ4n) is 4.52. The lowest BCUT2D eigenvalue weighted by Crippen LogP contribution is -2.46. The van der Waals surface area contributed by atoms with Gasteiger partial charge in [0.2, 0.25) is 0 Å². The van der Waals surface area contributed by atoms with Crippen molar-refractivity contribution >= 4 is 11.9 Å². The second kappa shape index (κ2) is 8.88. The smallest absolute Gasteiger partial charge is 0.336 e. The molecule has 1 saturated heterocycles. The van der Waals surface area contributed by atoms with Gasteiger partial charge in [-0.05, 0) is 51.3 Å². The molecule has 1 atom stereocenters. The summed E-state index contributed by atoms with van der Waals surface area (Å²) in [5, 5.41) is 12.3. The van der Waals surface area contributed by atoms with Gasteiger partial charge in [-0.25, -0.2) is 4.79 Å². The summed E-state index contributed by atoms with van der Waals surface area (Å²) in [5.41, 5.74) is 0.779. The van der Waals surface area contributed by atoms with Crippen molar-refractivity contribution in [2.45, 2.75) is 44.1 Å². The molecule has 2 aromatic rings. The molecule has 2 N–H and O–H groups in total. The minimum absolute atomic E-state index is 0.00152. The molecule has 1 fully saturated rings. The van der Waals surface area contributed by atoms with E-state index in [0.717, 1.165) is 24.2 Å². The van der Waals surface area contributed by atoms with E-state index in [-0.39, 0.29) is 28.1 Å². The number of carboxylic acids is 1. The van der Waals surface area contributed by atoms with E-state index < -0.39 is 5.97 Å². The quantitative estimate of drug-likeness (QED) is 0.718. The van der Waals surface area contributed by atoms with Crippen LogP contribution in [0.1, 0.15) is 59.4 Å². The highest BCUT2D eigenvalue weighted by molar-refractivity contribution is 6.04. The molecule has 30 heavy (non-hydrogen) atoms. The Morgan fingerprint density at radius 3 is 2.43 bits per heavy atom. The van der Waals surface area contributed by atoms with E-state index in [0.29, 0.717) is 19.6 Å². The van der Waals surface area contributed by atoms with Crippen molar-refractivity contribution in [1.82, 2.24) is 5.32 Å². The molecule has 1 unspecified atom stereocenters. The number of nitrogens with one attached hydrogen (secondary N) is 1. The van der Waals surface area contributed by atoms with Crippen LogP contribution in [0.5, 0.6) is 5.75 Å². The van der Waals surface area contributed by atoms with Gasteiger partial charge in [0.25, 0.3) is 5.91 Å². The molecule has 1 heterocycles. The highest BCUT2D eigenvalue weighted by atomic mass is 16.5. The Morgan fingerprint density at radius 2 is 1.77 bits per heavy atom. The van der Waals surface area contributed by atoms with Gasteiger partial charge < -0.3 is 19.9 Å². The third kappa shape index (κ3) is 4.65. The maximum atomic E-state index is 12.7. The van der Waals surface area contributed by atoms with Crippen LogP contribution >= 0.6 is 0 Å². The summed E-state index contributed by atoms with van der Waals surface area (Å²) in [6.07, 6.45) is 2.31. The molecule has 2 aromatic carbocycles. The van der Waals surface area contributed by atoms with Crippen LogP contribution in [0.2, 0.25) is 0 Å². The Kier molecular flexibility index (Phi) is 6.46. The van der Waals surface area contributed by atoms with Gasteiger partial charge in [0.15, 0.2) is 0 Å². The Morgan fingerprint density at radius 1 is 1.10 bits per heavy atom.